The van der Waals surface area contributed by atoms with Gasteiger partial charge < -0.3 is 15.4 Å². The molecule has 134 valence electrons. The number of carbonyl (C=O) groups excluding carboxylic acids is 2. The Kier molecular flexibility index (Phi) is 5.91. The van der Waals surface area contributed by atoms with Gasteiger partial charge in [-0.25, -0.2) is 0 Å². The molecule has 0 saturated heterocycles. The SMILES string of the molecule is COc1cccc(C(=O)NCCC(=O)Nc2nnc(C(F)(F)F)s2)c1. The summed E-state index contributed by atoms with van der Waals surface area (Å²) >= 11 is 0.228. The minimum Gasteiger partial charge on any atom is -0.497 e. The molecule has 0 radical (unpaired) electrons. The largest absolute Gasteiger partial charge is 0.497 e. The van der Waals surface area contributed by atoms with Crippen LogP contribution in [-0.4, -0.2) is 35.7 Å². The van der Waals surface area contributed by atoms with Crippen molar-refractivity contribution in [1.29, 1.82) is 0 Å². The van der Waals surface area contributed by atoms with Crippen molar-refractivity contribution in [3.05, 3.63) is 34.8 Å². The van der Waals surface area contributed by atoms with E-state index < -0.39 is 23.0 Å². The zero-order chi connectivity index (χ0) is 18.4. The van der Waals surface area contributed by atoms with Gasteiger partial charge >= 0.3 is 6.18 Å². The number of nitrogens with zero attached hydrogens (tertiary/aromatic N) is 2. The van der Waals surface area contributed by atoms with Crippen LogP contribution in [0.5, 0.6) is 5.75 Å². The van der Waals surface area contributed by atoms with E-state index in [-0.39, 0.29) is 29.4 Å². The third-order valence-electron chi connectivity index (χ3n) is 2.88. The van der Waals surface area contributed by atoms with Crippen LogP contribution in [0.4, 0.5) is 18.3 Å². The molecule has 2 N–H and O–H groups in total. The minimum absolute atomic E-state index is 0.00675. The summed E-state index contributed by atoms with van der Waals surface area (Å²) in [5.41, 5.74) is 0.360. The van der Waals surface area contributed by atoms with Crippen molar-refractivity contribution in [3.8, 4) is 5.75 Å². The second-order valence-electron chi connectivity index (χ2n) is 4.70. The number of aromatic nitrogens is 2. The Bertz CT molecular complexity index is 764. The quantitative estimate of drug-likeness (QED) is 0.810. The van der Waals surface area contributed by atoms with Crippen LogP contribution in [0.1, 0.15) is 21.8 Å². The first-order chi connectivity index (χ1) is 11.8. The molecular weight excluding hydrogens is 361 g/mol. The summed E-state index contributed by atoms with van der Waals surface area (Å²) in [6, 6.07) is 6.45. The number of rotatable bonds is 6. The summed E-state index contributed by atoms with van der Waals surface area (Å²) in [7, 11) is 1.47. The van der Waals surface area contributed by atoms with Gasteiger partial charge in [0.05, 0.1) is 7.11 Å². The number of anilines is 1. The monoisotopic (exact) mass is 374 g/mol. The van der Waals surface area contributed by atoms with Gasteiger partial charge in [0.1, 0.15) is 5.75 Å². The number of methoxy groups -OCH3 is 1. The molecule has 1 aromatic carbocycles. The molecule has 0 unspecified atom stereocenters. The molecular formula is C14H13F3N4O3S. The van der Waals surface area contributed by atoms with E-state index in [0.717, 1.165) is 0 Å². The summed E-state index contributed by atoms with van der Waals surface area (Å²) in [6.45, 7) is 0.00675. The van der Waals surface area contributed by atoms with Crippen molar-refractivity contribution in [1.82, 2.24) is 15.5 Å². The second kappa shape index (κ2) is 7.92. The van der Waals surface area contributed by atoms with Crippen molar-refractivity contribution >= 4 is 28.3 Å². The van der Waals surface area contributed by atoms with E-state index in [1.807, 2.05) is 0 Å². The highest BCUT2D eigenvalue weighted by molar-refractivity contribution is 7.15. The predicted molar refractivity (Wildman–Crippen MR) is 83.5 cm³/mol. The van der Waals surface area contributed by atoms with E-state index in [1.54, 1.807) is 18.2 Å². The molecule has 0 atom stereocenters. The lowest BCUT2D eigenvalue weighted by Crippen LogP contribution is -2.27. The molecule has 0 fully saturated rings. The van der Waals surface area contributed by atoms with Gasteiger partial charge in [0, 0.05) is 18.5 Å². The fraction of sp³-hybridized carbons (Fsp3) is 0.286. The van der Waals surface area contributed by atoms with Crippen molar-refractivity contribution in [2.45, 2.75) is 12.6 Å². The van der Waals surface area contributed by atoms with E-state index in [2.05, 4.69) is 20.8 Å². The van der Waals surface area contributed by atoms with Crippen LogP contribution >= 0.6 is 11.3 Å². The number of benzene rings is 1. The number of ether oxygens (including phenoxy) is 1. The van der Waals surface area contributed by atoms with Crippen LogP contribution in [0.25, 0.3) is 0 Å². The number of alkyl halides is 3. The maximum Gasteiger partial charge on any atom is 0.445 e. The Morgan fingerprint density at radius 1 is 1.28 bits per heavy atom. The van der Waals surface area contributed by atoms with Crippen LogP contribution in [0.3, 0.4) is 0 Å². The Balaban J connectivity index is 1.80. The first kappa shape index (κ1) is 18.6. The third-order valence-corrected chi connectivity index (χ3v) is 3.77. The zero-order valence-corrected chi connectivity index (χ0v) is 13.7. The van der Waals surface area contributed by atoms with E-state index in [0.29, 0.717) is 11.3 Å². The molecule has 11 heteroatoms. The molecule has 0 bridgehead atoms. The molecule has 0 spiro atoms. The van der Waals surface area contributed by atoms with Gasteiger partial charge in [-0.05, 0) is 18.2 Å². The first-order valence-corrected chi connectivity index (χ1v) is 7.74. The molecule has 2 rings (SSSR count). The number of carbonyl (C=O) groups is 2. The predicted octanol–water partition coefficient (Wildman–Crippen LogP) is 2.32. The van der Waals surface area contributed by atoms with Crippen LogP contribution in [0, 0.1) is 0 Å². The second-order valence-corrected chi connectivity index (χ2v) is 5.67. The van der Waals surface area contributed by atoms with Gasteiger partial charge in [-0.1, -0.05) is 17.4 Å². The lowest BCUT2D eigenvalue weighted by molar-refractivity contribution is -0.138. The maximum atomic E-state index is 12.4. The van der Waals surface area contributed by atoms with Crippen LogP contribution in [-0.2, 0) is 11.0 Å². The molecule has 1 aromatic heterocycles. The summed E-state index contributed by atoms with van der Waals surface area (Å²) in [5.74, 6) is -0.472. The number of hydrogen-bond donors (Lipinski definition) is 2. The van der Waals surface area contributed by atoms with Crippen molar-refractivity contribution in [3.63, 3.8) is 0 Å². The van der Waals surface area contributed by atoms with Crippen molar-refractivity contribution in [2.75, 3.05) is 19.0 Å². The first-order valence-electron chi connectivity index (χ1n) is 6.92. The highest BCUT2D eigenvalue weighted by Crippen LogP contribution is 2.32. The van der Waals surface area contributed by atoms with Crippen molar-refractivity contribution in [2.24, 2.45) is 0 Å². The van der Waals surface area contributed by atoms with Crippen LogP contribution in [0.15, 0.2) is 24.3 Å². The lowest BCUT2D eigenvalue weighted by atomic mass is 10.2. The Hall–Kier alpha value is -2.69. The average Bonchev–Trinajstić information content (AvgIpc) is 3.03. The summed E-state index contributed by atoms with van der Waals surface area (Å²) < 4.78 is 42.2. The smallest absolute Gasteiger partial charge is 0.445 e. The van der Waals surface area contributed by atoms with Gasteiger partial charge in [0.2, 0.25) is 16.0 Å². The summed E-state index contributed by atoms with van der Waals surface area (Å²) in [5, 5.41) is 9.53. The maximum absolute atomic E-state index is 12.4. The number of nitrogens with one attached hydrogen (secondary N) is 2. The molecule has 25 heavy (non-hydrogen) atoms. The fourth-order valence-corrected chi connectivity index (χ4v) is 2.35. The highest BCUT2D eigenvalue weighted by atomic mass is 32.1. The standard InChI is InChI=1S/C14H13F3N4O3S/c1-24-9-4-2-3-8(7-9)11(23)18-6-5-10(22)19-13-21-20-12(25-13)14(15,16)17/h2-4,7H,5-6H2,1H3,(H,18,23)(H,19,21,22). The minimum atomic E-state index is -4.61. The van der Waals surface area contributed by atoms with Gasteiger partial charge in [-0.2, -0.15) is 13.2 Å². The van der Waals surface area contributed by atoms with Gasteiger partial charge in [0.25, 0.3) is 5.91 Å². The van der Waals surface area contributed by atoms with E-state index >= 15 is 0 Å². The topological polar surface area (TPSA) is 93.2 Å². The Morgan fingerprint density at radius 3 is 2.68 bits per heavy atom. The molecule has 2 aromatic rings. The normalized spacial score (nSPS) is 11.0. The molecule has 7 nitrogen and oxygen atoms in total. The van der Waals surface area contributed by atoms with Gasteiger partial charge in [-0.3, -0.25) is 9.59 Å². The van der Waals surface area contributed by atoms with Crippen LogP contribution < -0.4 is 15.4 Å². The molecule has 0 aliphatic heterocycles. The summed E-state index contributed by atoms with van der Waals surface area (Å²) in [6.07, 6.45) is -4.73. The molecule has 1 heterocycles. The van der Waals surface area contributed by atoms with E-state index in [4.69, 9.17) is 4.74 Å². The van der Waals surface area contributed by atoms with Gasteiger partial charge in [0.15, 0.2) is 0 Å². The zero-order valence-electron chi connectivity index (χ0n) is 12.9. The third kappa shape index (κ3) is 5.41. The summed E-state index contributed by atoms with van der Waals surface area (Å²) in [4.78, 5) is 23.6. The number of amides is 2. The van der Waals surface area contributed by atoms with Crippen molar-refractivity contribution < 1.29 is 27.5 Å². The van der Waals surface area contributed by atoms with E-state index in [1.165, 1.54) is 13.2 Å². The Morgan fingerprint density at radius 2 is 2.04 bits per heavy atom. The lowest BCUT2D eigenvalue weighted by Gasteiger charge is -2.06. The molecule has 2 amide bonds. The van der Waals surface area contributed by atoms with Gasteiger partial charge in [-0.15, -0.1) is 10.2 Å². The van der Waals surface area contributed by atoms with E-state index in [9.17, 15) is 22.8 Å². The number of halogens is 3. The molecule has 0 saturated carbocycles. The average molecular weight is 374 g/mol. The fourth-order valence-electron chi connectivity index (χ4n) is 1.73. The molecule has 0 aliphatic carbocycles. The highest BCUT2D eigenvalue weighted by Gasteiger charge is 2.35. The molecule has 0 aliphatic rings. The van der Waals surface area contributed by atoms with Crippen LogP contribution in [0.2, 0.25) is 0 Å². The number of hydrogen-bond acceptors (Lipinski definition) is 6. The Labute approximate surface area is 144 Å².